The van der Waals surface area contributed by atoms with Crippen molar-refractivity contribution in [2.75, 3.05) is 5.32 Å². The van der Waals surface area contributed by atoms with E-state index < -0.39 is 5.97 Å². The highest BCUT2D eigenvalue weighted by atomic mass is 35.5. The maximum Gasteiger partial charge on any atom is 0.354 e. The summed E-state index contributed by atoms with van der Waals surface area (Å²) >= 11 is 6.25. The van der Waals surface area contributed by atoms with E-state index in [2.05, 4.69) is 20.8 Å². The molecule has 0 spiro atoms. The summed E-state index contributed by atoms with van der Waals surface area (Å²) in [7, 11) is 0. The van der Waals surface area contributed by atoms with Crippen LogP contribution in [0.1, 0.15) is 25.5 Å². The molecule has 0 aliphatic carbocycles. The third-order valence-corrected chi connectivity index (χ3v) is 3.46. The second-order valence-corrected chi connectivity index (χ2v) is 5.48. The smallest absolute Gasteiger partial charge is 0.354 e. The Balaban J connectivity index is 2.02. The Kier molecular flexibility index (Phi) is 3.81. The van der Waals surface area contributed by atoms with Crippen LogP contribution in [0.25, 0.3) is 0 Å². The van der Waals surface area contributed by atoms with Crippen molar-refractivity contribution in [2.24, 2.45) is 0 Å². The van der Waals surface area contributed by atoms with Crippen molar-refractivity contribution in [2.45, 2.75) is 26.0 Å². The molecule has 1 aromatic carbocycles. The predicted molar refractivity (Wildman–Crippen MR) is 80.3 cm³/mol. The molecule has 8 heteroatoms. The third-order valence-electron chi connectivity index (χ3n) is 3.11. The quantitative estimate of drug-likeness (QED) is 0.873. The van der Waals surface area contributed by atoms with Crippen molar-refractivity contribution < 1.29 is 9.53 Å². The fourth-order valence-corrected chi connectivity index (χ4v) is 2.43. The lowest BCUT2D eigenvalue weighted by Gasteiger charge is -2.23. The van der Waals surface area contributed by atoms with E-state index in [-0.39, 0.29) is 12.1 Å². The first-order valence-electron chi connectivity index (χ1n) is 6.78. The Labute approximate surface area is 131 Å². The summed E-state index contributed by atoms with van der Waals surface area (Å²) in [5.74, 6) is -0.0931. The van der Waals surface area contributed by atoms with Crippen LogP contribution in [0.4, 0.5) is 5.95 Å². The second-order valence-electron chi connectivity index (χ2n) is 5.07. The van der Waals surface area contributed by atoms with Gasteiger partial charge in [0.25, 0.3) is 0 Å². The lowest BCUT2D eigenvalue weighted by Crippen LogP contribution is -2.27. The second kappa shape index (κ2) is 5.76. The van der Waals surface area contributed by atoms with Gasteiger partial charge in [-0.05, 0) is 42.0 Å². The normalized spacial score (nSPS) is 16.7. The number of fused-ring (bicyclic) bond motifs is 1. The highest BCUT2D eigenvalue weighted by Crippen LogP contribution is 2.32. The number of ether oxygens (including phenoxy) is 1. The number of hydrogen-bond donors (Lipinski definition) is 1. The number of tetrazole rings is 1. The number of nitrogens with one attached hydrogen (secondary N) is 1. The van der Waals surface area contributed by atoms with Gasteiger partial charge >= 0.3 is 5.97 Å². The molecule has 2 aromatic rings. The number of carbonyl (C=O) groups is 1. The van der Waals surface area contributed by atoms with Gasteiger partial charge in [0.2, 0.25) is 5.95 Å². The van der Waals surface area contributed by atoms with E-state index in [1.165, 1.54) is 0 Å². The van der Waals surface area contributed by atoms with Crippen LogP contribution < -0.4 is 5.32 Å². The third kappa shape index (κ3) is 2.67. The molecule has 22 heavy (non-hydrogen) atoms. The highest BCUT2D eigenvalue weighted by molar-refractivity contribution is 6.31. The maximum atomic E-state index is 12.1. The molecule has 114 valence electrons. The van der Waals surface area contributed by atoms with Gasteiger partial charge in [0.15, 0.2) is 0 Å². The molecule has 0 saturated carbocycles. The molecule has 0 saturated heterocycles. The van der Waals surface area contributed by atoms with E-state index >= 15 is 0 Å². The molecule has 0 bridgehead atoms. The molecule has 2 heterocycles. The first-order valence-corrected chi connectivity index (χ1v) is 7.16. The summed E-state index contributed by atoms with van der Waals surface area (Å²) in [6, 6.07) is 6.97. The molecule has 1 N–H and O–H groups in total. The number of rotatable bonds is 3. The molecular weight excluding hydrogens is 306 g/mol. The first kappa shape index (κ1) is 14.5. The number of benzene rings is 1. The van der Waals surface area contributed by atoms with Crippen molar-refractivity contribution in [3.63, 3.8) is 0 Å². The van der Waals surface area contributed by atoms with Gasteiger partial charge in [-0.3, -0.25) is 0 Å². The molecule has 0 radical (unpaired) electrons. The van der Waals surface area contributed by atoms with Crippen molar-refractivity contribution in [1.29, 1.82) is 0 Å². The van der Waals surface area contributed by atoms with Gasteiger partial charge in [0.05, 0.1) is 6.10 Å². The average Bonchev–Trinajstić information content (AvgIpc) is 2.94. The molecule has 7 nitrogen and oxygen atoms in total. The van der Waals surface area contributed by atoms with Gasteiger partial charge in [-0.15, -0.1) is 0 Å². The summed E-state index contributed by atoms with van der Waals surface area (Å²) < 4.78 is 6.78. The van der Waals surface area contributed by atoms with Gasteiger partial charge < -0.3 is 10.1 Å². The van der Waals surface area contributed by atoms with E-state index in [1.807, 2.05) is 18.2 Å². The molecule has 1 aliphatic rings. The highest BCUT2D eigenvalue weighted by Gasteiger charge is 2.28. The van der Waals surface area contributed by atoms with Gasteiger partial charge in [-0.1, -0.05) is 34.9 Å². The molecule has 1 aromatic heterocycles. The Morgan fingerprint density at radius 1 is 1.41 bits per heavy atom. The molecule has 1 unspecified atom stereocenters. The minimum Gasteiger partial charge on any atom is -0.458 e. The fourth-order valence-electron chi connectivity index (χ4n) is 2.19. The van der Waals surface area contributed by atoms with Crippen LogP contribution in [-0.2, 0) is 9.53 Å². The summed E-state index contributed by atoms with van der Waals surface area (Å²) in [6.07, 6.45) is 1.49. The predicted octanol–water partition coefficient (Wildman–Crippen LogP) is 2.18. The first-order chi connectivity index (χ1) is 10.6. The van der Waals surface area contributed by atoms with E-state index in [1.54, 1.807) is 30.7 Å². The molecule has 0 fully saturated rings. The van der Waals surface area contributed by atoms with Crippen molar-refractivity contribution in [3.05, 3.63) is 46.6 Å². The number of hydrogen-bond acceptors (Lipinski definition) is 6. The number of nitrogens with zero attached hydrogens (tertiary/aromatic N) is 4. The Bertz CT molecular complexity index is 740. The number of allylic oxidation sites excluding steroid dienone is 1. The topological polar surface area (TPSA) is 81.9 Å². The largest absolute Gasteiger partial charge is 0.458 e. The minimum atomic E-state index is -0.457. The van der Waals surface area contributed by atoms with Crippen LogP contribution in [0, 0.1) is 0 Å². The van der Waals surface area contributed by atoms with E-state index in [0.717, 1.165) is 5.56 Å². The van der Waals surface area contributed by atoms with Crippen molar-refractivity contribution in [1.82, 2.24) is 20.2 Å². The molecular formula is C14H14ClN5O2. The summed E-state index contributed by atoms with van der Waals surface area (Å²) in [4.78, 5) is 12.1. The van der Waals surface area contributed by atoms with Gasteiger partial charge in [-0.25, -0.2) is 4.79 Å². The number of aromatic nitrogens is 4. The molecule has 3 rings (SSSR count). The van der Waals surface area contributed by atoms with Crippen LogP contribution in [0.3, 0.4) is 0 Å². The lowest BCUT2D eigenvalue weighted by molar-refractivity contribution is -0.142. The zero-order valence-corrected chi connectivity index (χ0v) is 12.8. The van der Waals surface area contributed by atoms with E-state index in [9.17, 15) is 4.79 Å². The number of anilines is 1. The van der Waals surface area contributed by atoms with Gasteiger partial charge in [0, 0.05) is 5.02 Å². The zero-order chi connectivity index (χ0) is 15.7. The van der Waals surface area contributed by atoms with E-state index in [0.29, 0.717) is 16.7 Å². The fraction of sp³-hybridized carbons (Fsp3) is 0.286. The standard InChI is InChI=1S/C14H14ClN5O2/c1-8(2)22-13(21)11-7-12(9-5-3-4-6-10(9)15)20-14(16-11)17-18-19-20/h3-8,12H,1-2H3,(H,16,17,19). The van der Waals surface area contributed by atoms with Crippen LogP contribution >= 0.6 is 11.6 Å². The van der Waals surface area contributed by atoms with Crippen LogP contribution in [0.15, 0.2) is 36.0 Å². The average molecular weight is 320 g/mol. The van der Waals surface area contributed by atoms with Crippen molar-refractivity contribution >= 4 is 23.5 Å². The number of carbonyl (C=O) groups excluding carboxylic acids is 1. The van der Waals surface area contributed by atoms with Gasteiger partial charge in [0.1, 0.15) is 11.7 Å². The van der Waals surface area contributed by atoms with Crippen LogP contribution in [0.5, 0.6) is 0 Å². The minimum absolute atomic E-state index is 0.216. The number of halogens is 1. The Hall–Kier alpha value is -2.41. The molecule has 1 atom stereocenters. The SMILES string of the molecule is CC(C)OC(=O)C1=CC(c2ccccc2Cl)n2nnnc2N1. The zero-order valence-electron chi connectivity index (χ0n) is 12.0. The Morgan fingerprint density at radius 2 is 2.18 bits per heavy atom. The van der Waals surface area contributed by atoms with E-state index in [4.69, 9.17) is 16.3 Å². The van der Waals surface area contributed by atoms with Crippen LogP contribution in [-0.4, -0.2) is 32.3 Å². The number of esters is 1. The van der Waals surface area contributed by atoms with Crippen molar-refractivity contribution in [3.8, 4) is 0 Å². The summed E-state index contributed by atoms with van der Waals surface area (Å²) in [6.45, 7) is 3.58. The van der Waals surface area contributed by atoms with Gasteiger partial charge in [-0.2, -0.15) is 4.68 Å². The summed E-state index contributed by atoms with van der Waals surface area (Å²) in [5, 5.41) is 14.9. The monoisotopic (exact) mass is 319 g/mol. The molecule has 1 aliphatic heterocycles. The Morgan fingerprint density at radius 3 is 2.91 bits per heavy atom. The summed E-state index contributed by atoms with van der Waals surface area (Å²) in [5.41, 5.74) is 1.09. The maximum absolute atomic E-state index is 12.1. The lowest BCUT2D eigenvalue weighted by atomic mass is 10.0. The molecule has 0 amide bonds. The van der Waals surface area contributed by atoms with Crippen LogP contribution in [0.2, 0.25) is 5.02 Å².